The smallest absolute Gasteiger partial charge is 0.247 e. The molecule has 2 aliphatic rings. The molecule has 100 valence electrons. The molecule has 2 amide bonds. The molecule has 0 N–H and O–H groups in total. The zero-order chi connectivity index (χ0) is 13.4. The second-order valence-corrected chi connectivity index (χ2v) is 5.70. The fourth-order valence-electron chi connectivity index (χ4n) is 2.38. The van der Waals surface area contributed by atoms with Crippen molar-refractivity contribution >= 4 is 23.6 Å². The molecule has 2 saturated heterocycles. The Labute approximate surface area is 114 Å². The van der Waals surface area contributed by atoms with Crippen LogP contribution in [0.25, 0.3) is 0 Å². The molecule has 0 radical (unpaired) electrons. The molecular formula is C13H13FN2O2S. The fourth-order valence-corrected chi connectivity index (χ4v) is 3.55. The molecule has 2 heterocycles. The van der Waals surface area contributed by atoms with Gasteiger partial charge in [-0.15, -0.1) is 11.8 Å². The second kappa shape index (κ2) is 4.85. The average molecular weight is 280 g/mol. The molecule has 19 heavy (non-hydrogen) atoms. The van der Waals surface area contributed by atoms with Crippen LogP contribution in [0.2, 0.25) is 0 Å². The molecule has 0 saturated carbocycles. The lowest BCUT2D eigenvalue weighted by Gasteiger charge is -2.35. The molecular weight excluding hydrogens is 267 g/mol. The zero-order valence-corrected chi connectivity index (χ0v) is 11.0. The van der Waals surface area contributed by atoms with Crippen LogP contribution in [-0.2, 0) is 16.1 Å². The van der Waals surface area contributed by atoms with Gasteiger partial charge in [0.15, 0.2) is 0 Å². The Balaban J connectivity index is 1.76. The van der Waals surface area contributed by atoms with E-state index in [1.807, 2.05) is 0 Å². The highest BCUT2D eigenvalue weighted by atomic mass is 32.2. The quantitative estimate of drug-likeness (QED) is 0.813. The topological polar surface area (TPSA) is 40.6 Å². The van der Waals surface area contributed by atoms with Crippen LogP contribution in [-0.4, -0.2) is 45.8 Å². The summed E-state index contributed by atoms with van der Waals surface area (Å²) in [4.78, 5) is 27.4. The van der Waals surface area contributed by atoms with Crippen molar-refractivity contribution in [1.82, 2.24) is 9.80 Å². The minimum atomic E-state index is -0.313. The summed E-state index contributed by atoms with van der Waals surface area (Å²) in [5, 5.41) is 0. The van der Waals surface area contributed by atoms with E-state index in [4.69, 9.17) is 0 Å². The standard InChI is InChI=1S/C13H13FN2O2S/c14-10-3-1-9(2-4-10)5-15-6-12(17)16-8-19-7-11(16)13(15)18/h1-4,11H,5-8H2/t11-/m1/s1. The highest BCUT2D eigenvalue weighted by Crippen LogP contribution is 2.26. The van der Waals surface area contributed by atoms with Crippen LogP contribution in [0.1, 0.15) is 5.56 Å². The first-order chi connectivity index (χ1) is 9.15. The molecule has 6 heteroatoms. The number of carbonyl (C=O) groups excluding carboxylic acids is 2. The Hall–Kier alpha value is -1.56. The zero-order valence-electron chi connectivity index (χ0n) is 10.2. The summed E-state index contributed by atoms with van der Waals surface area (Å²) in [5.41, 5.74) is 0.835. The van der Waals surface area contributed by atoms with Gasteiger partial charge in [0, 0.05) is 12.3 Å². The van der Waals surface area contributed by atoms with Gasteiger partial charge in [-0.05, 0) is 17.7 Å². The van der Waals surface area contributed by atoms with E-state index in [2.05, 4.69) is 0 Å². The number of carbonyl (C=O) groups is 2. The van der Waals surface area contributed by atoms with Crippen molar-refractivity contribution in [3.63, 3.8) is 0 Å². The molecule has 1 aromatic carbocycles. The summed E-state index contributed by atoms with van der Waals surface area (Å²) in [6, 6.07) is 5.70. The fraction of sp³-hybridized carbons (Fsp3) is 0.385. The Bertz CT molecular complexity index is 520. The van der Waals surface area contributed by atoms with Gasteiger partial charge in [0.1, 0.15) is 18.4 Å². The summed E-state index contributed by atoms with van der Waals surface area (Å²) in [5.74, 6) is 0.971. The molecule has 0 spiro atoms. The Morgan fingerprint density at radius 3 is 2.74 bits per heavy atom. The lowest BCUT2D eigenvalue weighted by Crippen LogP contribution is -2.57. The molecule has 2 aliphatic heterocycles. The van der Waals surface area contributed by atoms with Gasteiger partial charge < -0.3 is 9.80 Å². The van der Waals surface area contributed by atoms with Crippen LogP contribution in [0.15, 0.2) is 24.3 Å². The third-order valence-corrected chi connectivity index (χ3v) is 4.42. The van der Waals surface area contributed by atoms with Crippen molar-refractivity contribution in [2.75, 3.05) is 18.2 Å². The van der Waals surface area contributed by atoms with E-state index >= 15 is 0 Å². The predicted octanol–water partition coefficient (Wildman–Crippen LogP) is 1.07. The maximum Gasteiger partial charge on any atom is 0.247 e. The van der Waals surface area contributed by atoms with Crippen molar-refractivity contribution in [2.24, 2.45) is 0 Å². The van der Waals surface area contributed by atoms with E-state index < -0.39 is 0 Å². The van der Waals surface area contributed by atoms with Gasteiger partial charge >= 0.3 is 0 Å². The predicted molar refractivity (Wildman–Crippen MR) is 69.8 cm³/mol. The number of benzene rings is 1. The van der Waals surface area contributed by atoms with Gasteiger partial charge in [-0.3, -0.25) is 9.59 Å². The van der Waals surface area contributed by atoms with E-state index in [9.17, 15) is 14.0 Å². The number of nitrogens with zero attached hydrogens (tertiary/aromatic N) is 2. The Morgan fingerprint density at radius 1 is 1.26 bits per heavy atom. The maximum atomic E-state index is 12.8. The summed E-state index contributed by atoms with van der Waals surface area (Å²) < 4.78 is 12.8. The van der Waals surface area contributed by atoms with Gasteiger partial charge in [-0.1, -0.05) is 12.1 Å². The van der Waals surface area contributed by atoms with Gasteiger partial charge in [-0.2, -0.15) is 0 Å². The van der Waals surface area contributed by atoms with Gasteiger partial charge in [-0.25, -0.2) is 4.39 Å². The minimum absolute atomic E-state index is 0.00304. The first-order valence-corrected chi connectivity index (χ1v) is 7.21. The normalized spacial score (nSPS) is 22.9. The van der Waals surface area contributed by atoms with Crippen molar-refractivity contribution < 1.29 is 14.0 Å². The van der Waals surface area contributed by atoms with Crippen LogP contribution in [0.5, 0.6) is 0 Å². The van der Waals surface area contributed by atoms with Gasteiger partial charge in [0.05, 0.1) is 5.88 Å². The Kier molecular flexibility index (Phi) is 3.18. The van der Waals surface area contributed by atoms with Crippen molar-refractivity contribution in [2.45, 2.75) is 12.6 Å². The second-order valence-electron chi connectivity index (χ2n) is 4.70. The third-order valence-electron chi connectivity index (χ3n) is 3.41. The number of hydrogen-bond acceptors (Lipinski definition) is 3. The highest BCUT2D eigenvalue weighted by molar-refractivity contribution is 7.99. The van der Waals surface area contributed by atoms with Gasteiger partial charge in [0.2, 0.25) is 11.8 Å². The number of rotatable bonds is 2. The molecule has 2 fully saturated rings. The van der Waals surface area contributed by atoms with E-state index in [0.29, 0.717) is 18.2 Å². The molecule has 0 unspecified atom stereocenters. The average Bonchev–Trinajstić information content (AvgIpc) is 2.88. The van der Waals surface area contributed by atoms with Crippen LogP contribution < -0.4 is 0 Å². The number of amides is 2. The summed E-state index contributed by atoms with van der Waals surface area (Å²) >= 11 is 1.61. The molecule has 1 aromatic rings. The highest BCUT2D eigenvalue weighted by Gasteiger charge is 2.42. The first kappa shape index (κ1) is 12.5. The van der Waals surface area contributed by atoms with Crippen molar-refractivity contribution in [3.8, 4) is 0 Å². The van der Waals surface area contributed by atoms with Gasteiger partial charge in [0.25, 0.3) is 0 Å². The largest absolute Gasteiger partial charge is 0.327 e. The van der Waals surface area contributed by atoms with Crippen molar-refractivity contribution in [3.05, 3.63) is 35.6 Å². The van der Waals surface area contributed by atoms with Crippen molar-refractivity contribution in [1.29, 1.82) is 0 Å². The molecule has 0 aromatic heterocycles. The first-order valence-electron chi connectivity index (χ1n) is 6.05. The van der Waals surface area contributed by atoms with E-state index in [1.54, 1.807) is 33.7 Å². The summed E-state index contributed by atoms with van der Waals surface area (Å²) in [6.07, 6.45) is 0. The molecule has 0 aliphatic carbocycles. The van der Waals surface area contributed by atoms with Crippen LogP contribution in [0.3, 0.4) is 0 Å². The number of piperazine rings is 1. The lowest BCUT2D eigenvalue weighted by atomic mass is 10.1. The third kappa shape index (κ3) is 2.32. The molecule has 4 nitrogen and oxygen atoms in total. The van der Waals surface area contributed by atoms with Crippen LogP contribution in [0.4, 0.5) is 4.39 Å². The Morgan fingerprint density at radius 2 is 2.00 bits per heavy atom. The lowest BCUT2D eigenvalue weighted by molar-refractivity contribution is -0.153. The molecule has 3 rings (SSSR count). The van der Waals surface area contributed by atoms with E-state index in [1.165, 1.54) is 12.1 Å². The minimum Gasteiger partial charge on any atom is -0.327 e. The molecule has 0 bridgehead atoms. The number of fused-ring (bicyclic) bond motifs is 1. The van der Waals surface area contributed by atoms with E-state index in [-0.39, 0.29) is 30.2 Å². The number of thioether (sulfide) groups is 1. The summed E-state index contributed by atoms with van der Waals surface area (Å²) in [7, 11) is 0. The monoisotopic (exact) mass is 280 g/mol. The van der Waals surface area contributed by atoms with E-state index in [0.717, 1.165) is 5.56 Å². The van der Waals surface area contributed by atoms with Crippen LogP contribution in [0, 0.1) is 5.82 Å². The SMILES string of the molecule is O=C1[C@H]2CSCN2C(=O)CN1Cc1ccc(F)cc1. The molecule has 1 atom stereocenters. The summed E-state index contributed by atoms with van der Waals surface area (Å²) in [6.45, 7) is 0.479. The number of halogens is 1. The number of hydrogen-bond donors (Lipinski definition) is 0. The maximum absolute atomic E-state index is 12.8. The van der Waals surface area contributed by atoms with Crippen LogP contribution >= 0.6 is 11.8 Å².